The van der Waals surface area contributed by atoms with Gasteiger partial charge in [-0.15, -0.1) is 0 Å². The van der Waals surface area contributed by atoms with Crippen molar-refractivity contribution in [1.29, 1.82) is 0 Å². The van der Waals surface area contributed by atoms with Crippen molar-refractivity contribution in [2.75, 3.05) is 0 Å². The topological polar surface area (TPSA) is 46.2 Å². The van der Waals surface area contributed by atoms with Crippen molar-refractivity contribution in [3.63, 3.8) is 0 Å². The fraction of sp³-hybridized carbons (Fsp3) is 0.333. The smallest absolute Gasteiger partial charge is 0.120 e. The van der Waals surface area contributed by atoms with Crippen LogP contribution in [0.25, 0.3) is 0 Å². The Morgan fingerprint density at radius 1 is 1.50 bits per heavy atom. The minimum Gasteiger partial charge on any atom is -0.508 e. The zero-order chi connectivity index (χ0) is 9.30. The Kier molecular flexibility index (Phi) is 2.75. The van der Waals surface area contributed by atoms with Gasteiger partial charge in [-0.05, 0) is 31.0 Å². The Bertz CT molecular complexity index is 310. The SMILES string of the molecule is Cc1cc(O)c(CN)c(C)c1Br. The van der Waals surface area contributed by atoms with Crippen molar-refractivity contribution < 1.29 is 5.11 Å². The van der Waals surface area contributed by atoms with Crippen molar-refractivity contribution in [1.82, 2.24) is 0 Å². The quantitative estimate of drug-likeness (QED) is 0.777. The van der Waals surface area contributed by atoms with Crippen LogP contribution in [-0.2, 0) is 6.54 Å². The zero-order valence-electron chi connectivity index (χ0n) is 7.19. The minimum absolute atomic E-state index is 0.288. The van der Waals surface area contributed by atoms with Gasteiger partial charge in [-0.25, -0.2) is 0 Å². The molecule has 0 spiro atoms. The van der Waals surface area contributed by atoms with E-state index >= 15 is 0 Å². The monoisotopic (exact) mass is 229 g/mol. The van der Waals surface area contributed by atoms with E-state index in [2.05, 4.69) is 15.9 Å². The molecule has 0 saturated heterocycles. The summed E-state index contributed by atoms with van der Waals surface area (Å²) in [6.45, 7) is 4.26. The Morgan fingerprint density at radius 2 is 2.08 bits per heavy atom. The Hall–Kier alpha value is -0.540. The molecule has 1 aromatic carbocycles. The van der Waals surface area contributed by atoms with E-state index in [1.807, 2.05) is 13.8 Å². The maximum atomic E-state index is 9.50. The third-order valence-corrected chi connectivity index (χ3v) is 3.21. The number of aromatic hydroxyl groups is 1. The summed E-state index contributed by atoms with van der Waals surface area (Å²) in [5.74, 6) is 0.288. The Labute approximate surface area is 80.5 Å². The lowest BCUT2D eigenvalue weighted by molar-refractivity contribution is 0.467. The van der Waals surface area contributed by atoms with Gasteiger partial charge in [-0.2, -0.15) is 0 Å². The summed E-state index contributed by atoms with van der Waals surface area (Å²) in [6.07, 6.45) is 0. The number of nitrogens with two attached hydrogens (primary N) is 1. The average molecular weight is 230 g/mol. The highest BCUT2D eigenvalue weighted by molar-refractivity contribution is 9.10. The van der Waals surface area contributed by atoms with Crippen LogP contribution in [0.15, 0.2) is 10.5 Å². The van der Waals surface area contributed by atoms with Gasteiger partial charge in [0.25, 0.3) is 0 Å². The van der Waals surface area contributed by atoms with Crippen molar-refractivity contribution in [3.05, 3.63) is 27.2 Å². The number of benzene rings is 1. The Morgan fingerprint density at radius 3 is 2.58 bits per heavy atom. The van der Waals surface area contributed by atoms with Gasteiger partial charge in [0.2, 0.25) is 0 Å². The van der Waals surface area contributed by atoms with Gasteiger partial charge in [-0.1, -0.05) is 15.9 Å². The number of halogens is 1. The van der Waals surface area contributed by atoms with Crippen molar-refractivity contribution in [2.24, 2.45) is 5.73 Å². The largest absolute Gasteiger partial charge is 0.508 e. The molecule has 0 amide bonds. The second kappa shape index (κ2) is 3.46. The first-order valence-corrected chi connectivity index (χ1v) is 4.54. The first-order chi connectivity index (χ1) is 5.57. The molecule has 0 atom stereocenters. The van der Waals surface area contributed by atoms with Crippen LogP contribution in [0.2, 0.25) is 0 Å². The predicted molar refractivity (Wildman–Crippen MR) is 53.2 cm³/mol. The summed E-state index contributed by atoms with van der Waals surface area (Å²) in [5, 5.41) is 9.50. The molecule has 0 aliphatic rings. The van der Waals surface area contributed by atoms with Crippen molar-refractivity contribution in [3.8, 4) is 5.75 Å². The lowest BCUT2D eigenvalue weighted by atomic mass is 10.0. The fourth-order valence-electron chi connectivity index (χ4n) is 1.23. The van der Waals surface area contributed by atoms with E-state index in [9.17, 15) is 5.11 Å². The van der Waals surface area contributed by atoms with E-state index in [4.69, 9.17) is 5.73 Å². The standard InChI is InChI=1S/C9H12BrNO/c1-5-3-8(12)7(4-11)6(2)9(5)10/h3,12H,4,11H2,1-2H3. The van der Waals surface area contributed by atoms with Crippen LogP contribution in [-0.4, -0.2) is 5.11 Å². The molecule has 1 rings (SSSR count). The second-order valence-electron chi connectivity index (χ2n) is 2.83. The zero-order valence-corrected chi connectivity index (χ0v) is 8.77. The number of rotatable bonds is 1. The molecule has 0 heterocycles. The molecule has 3 heteroatoms. The highest BCUT2D eigenvalue weighted by Crippen LogP contribution is 2.30. The van der Waals surface area contributed by atoms with Crippen LogP contribution >= 0.6 is 15.9 Å². The molecule has 2 nitrogen and oxygen atoms in total. The van der Waals surface area contributed by atoms with E-state index in [0.29, 0.717) is 6.54 Å². The number of hydrogen-bond donors (Lipinski definition) is 2. The van der Waals surface area contributed by atoms with Crippen LogP contribution in [0.5, 0.6) is 5.75 Å². The molecule has 0 aliphatic carbocycles. The fourth-order valence-corrected chi connectivity index (χ4v) is 1.59. The highest BCUT2D eigenvalue weighted by atomic mass is 79.9. The average Bonchev–Trinajstić information content (AvgIpc) is 2.01. The van der Waals surface area contributed by atoms with E-state index in [1.165, 1.54) is 0 Å². The number of phenolic OH excluding ortho intramolecular Hbond substituents is 1. The molecule has 3 N–H and O–H groups in total. The van der Waals surface area contributed by atoms with Crippen LogP contribution in [0.3, 0.4) is 0 Å². The molecule has 1 aromatic rings. The molecule has 0 aliphatic heterocycles. The molecule has 0 aromatic heterocycles. The predicted octanol–water partition coefficient (Wildman–Crippen LogP) is 2.23. The molecule has 0 unspecified atom stereocenters. The first kappa shape index (κ1) is 9.55. The molecule has 66 valence electrons. The number of hydrogen-bond acceptors (Lipinski definition) is 2. The van der Waals surface area contributed by atoms with Crippen LogP contribution in [0.1, 0.15) is 16.7 Å². The van der Waals surface area contributed by atoms with Gasteiger partial charge in [0.05, 0.1) is 0 Å². The molecule has 0 fully saturated rings. The minimum atomic E-state index is 0.288. The number of aryl methyl sites for hydroxylation is 1. The summed E-state index contributed by atoms with van der Waals surface area (Å²) < 4.78 is 1.03. The van der Waals surface area contributed by atoms with Crippen molar-refractivity contribution in [2.45, 2.75) is 20.4 Å². The van der Waals surface area contributed by atoms with Gasteiger partial charge in [0, 0.05) is 16.6 Å². The second-order valence-corrected chi connectivity index (χ2v) is 3.63. The molecular weight excluding hydrogens is 218 g/mol. The molecule has 0 radical (unpaired) electrons. The maximum absolute atomic E-state index is 9.50. The maximum Gasteiger partial charge on any atom is 0.120 e. The number of phenols is 1. The third kappa shape index (κ3) is 1.47. The molecule has 0 bridgehead atoms. The molecule has 12 heavy (non-hydrogen) atoms. The van der Waals surface area contributed by atoms with Crippen LogP contribution in [0, 0.1) is 13.8 Å². The van der Waals surface area contributed by atoms with Gasteiger partial charge in [-0.3, -0.25) is 0 Å². The highest BCUT2D eigenvalue weighted by Gasteiger charge is 2.08. The van der Waals surface area contributed by atoms with Crippen LogP contribution < -0.4 is 5.73 Å². The van der Waals surface area contributed by atoms with E-state index in [0.717, 1.165) is 21.2 Å². The third-order valence-electron chi connectivity index (χ3n) is 1.99. The molecular formula is C9H12BrNO. The first-order valence-electron chi connectivity index (χ1n) is 3.75. The molecule has 0 saturated carbocycles. The summed E-state index contributed by atoms with van der Waals surface area (Å²) >= 11 is 3.44. The van der Waals surface area contributed by atoms with Gasteiger partial charge in [0.1, 0.15) is 5.75 Å². The normalized spacial score (nSPS) is 10.3. The summed E-state index contributed by atoms with van der Waals surface area (Å²) in [4.78, 5) is 0. The van der Waals surface area contributed by atoms with Crippen molar-refractivity contribution >= 4 is 15.9 Å². The van der Waals surface area contributed by atoms with E-state index < -0.39 is 0 Å². The van der Waals surface area contributed by atoms with Gasteiger partial charge < -0.3 is 10.8 Å². The van der Waals surface area contributed by atoms with Crippen LogP contribution in [0.4, 0.5) is 0 Å². The van der Waals surface area contributed by atoms with Gasteiger partial charge >= 0.3 is 0 Å². The van der Waals surface area contributed by atoms with Gasteiger partial charge in [0.15, 0.2) is 0 Å². The summed E-state index contributed by atoms with van der Waals surface area (Å²) in [7, 11) is 0. The van der Waals surface area contributed by atoms with E-state index in [-0.39, 0.29) is 5.75 Å². The summed E-state index contributed by atoms with van der Waals surface area (Å²) in [6, 6.07) is 1.72. The lowest BCUT2D eigenvalue weighted by Gasteiger charge is -2.10. The van der Waals surface area contributed by atoms with E-state index in [1.54, 1.807) is 6.07 Å². The lowest BCUT2D eigenvalue weighted by Crippen LogP contribution is -2.01. The summed E-state index contributed by atoms with van der Waals surface area (Å²) in [5.41, 5.74) is 8.36. The Balaban J connectivity index is 3.40.